The Bertz CT molecular complexity index is 250. The van der Waals surface area contributed by atoms with Crippen LogP contribution in [0.15, 0.2) is 0 Å². The number of rotatable bonds is 8. The van der Waals surface area contributed by atoms with Crippen molar-refractivity contribution in [1.82, 2.24) is 4.90 Å². The average molecular weight is 229 g/mol. The summed E-state index contributed by atoms with van der Waals surface area (Å²) in [7, 11) is 0. The van der Waals surface area contributed by atoms with Crippen LogP contribution in [0.3, 0.4) is 0 Å². The Hall–Kier alpha value is -1.10. The maximum absolute atomic E-state index is 11.7. The molecule has 1 aliphatic rings. The molecule has 5 nitrogen and oxygen atoms in total. The fourth-order valence-electron chi connectivity index (χ4n) is 1.44. The van der Waals surface area contributed by atoms with Crippen LogP contribution >= 0.6 is 0 Å². The van der Waals surface area contributed by atoms with E-state index >= 15 is 0 Å². The molecule has 0 aliphatic heterocycles. The Labute approximate surface area is 95.4 Å². The molecule has 0 aromatic carbocycles. The number of ether oxygens (including phenoxy) is 1. The van der Waals surface area contributed by atoms with Crippen molar-refractivity contribution in [1.29, 1.82) is 0 Å². The van der Waals surface area contributed by atoms with Crippen molar-refractivity contribution in [3.05, 3.63) is 0 Å². The number of nitrogens with zero attached hydrogens (tertiary/aromatic N) is 1. The molecule has 0 aromatic heterocycles. The van der Waals surface area contributed by atoms with Gasteiger partial charge in [-0.15, -0.1) is 0 Å². The highest BCUT2D eigenvalue weighted by atomic mass is 16.5. The zero-order valence-electron chi connectivity index (χ0n) is 9.65. The lowest BCUT2D eigenvalue weighted by molar-refractivity contribution is -0.147. The van der Waals surface area contributed by atoms with Crippen LogP contribution in [0.5, 0.6) is 0 Å². The second-order valence-electron chi connectivity index (χ2n) is 4.05. The van der Waals surface area contributed by atoms with Gasteiger partial charge >= 0.3 is 5.97 Å². The van der Waals surface area contributed by atoms with Gasteiger partial charge in [0, 0.05) is 12.6 Å². The van der Waals surface area contributed by atoms with Crippen molar-refractivity contribution >= 4 is 11.9 Å². The third-order valence-electron chi connectivity index (χ3n) is 2.48. The molecule has 0 heterocycles. The zero-order valence-corrected chi connectivity index (χ0v) is 9.65. The standard InChI is InChI=1S/C11H19NO4/c1-2-3-6-16-8-10(13)12(7-11(14)15)9-4-5-9/h9H,2-8H2,1H3,(H,14,15). The van der Waals surface area contributed by atoms with E-state index < -0.39 is 5.97 Å². The van der Waals surface area contributed by atoms with Crippen molar-refractivity contribution in [2.24, 2.45) is 0 Å². The lowest BCUT2D eigenvalue weighted by atomic mass is 10.4. The van der Waals surface area contributed by atoms with E-state index in [4.69, 9.17) is 9.84 Å². The maximum atomic E-state index is 11.7. The van der Waals surface area contributed by atoms with Crippen LogP contribution in [0.4, 0.5) is 0 Å². The van der Waals surface area contributed by atoms with Crippen molar-refractivity contribution in [2.75, 3.05) is 19.8 Å². The van der Waals surface area contributed by atoms with E-state index in [1.54, 1.807) is 0 Å². The average Bonchev–Trinajstić information content (AvgIpc) is 3.04. The highest BCUT2D eigenvalue weighted by Gasteiger charge is 2.33. The topological polar surface area (TPSA) is 66.8 Å². The monoisotopic (exact) mass is 229 g/mol. The van der Waals surface area contributed by atoms with E-state index in [0.717, 1.165) is 25.7 Å². The Morgan fingerprint density at radius 2 is 2.12 bits per heavy atom. The van der Waals surface area contributed by atoms with Crippen molar-refractivity contribution in [3.8, 4) is 0 Å². The van der Waals surface area contributed by atoms with E-state index in [1.165, 1.54) is 4.90 Å². The second kappa shape index (κ2) is 6.48. The molecule has 0 aromatic rings. The van der Waals surface area contributed by atoms with Gasteiger partial charge in [-0.25, -0.2) is 0 Å². The van der Waals surface area contributed by atoms with Gasteiger partial charge in [0.25, 0.3) is 0 Å². The zero-order chi connectivity index (χ0) is 12.0. The molecule has 16 heavy (non-hydrogen) atoms. The first kappa shape index (κ1) is 13.0. The number of carbonyl (C=O) groups excluding carboxylic acids is 1. The molecule has 5 heteroatoms. The van der Waals surface area contributed by atoms with Gasteiger partial charge < -0.3 is 14.7 Å². The van der Waals surface area contributed by atoms with Crippen LogP contribution in [-0.2, 0) is 14.3 Å². The van der Waals surface area contributed by atoms with Gasteiger partial charge in [-0.1, -0.05) is 13.3 Å². The molecule has 1 aliphatic carbocycles. The minimum atomic E-state index is -0.964. The van der Waals surface area contributed by atoms with Crippen LogP contribution in [0, 0.1) is 0 Å². The quantitative estimate of drug-likeness (QED) is 0.627. The number of carbonyl (C=O) groups is 2. The molecule has 0 radical (unpaired) electrons. The molecule has 0 spiro atoms. The van der Waals surface area contributed by atoms with Gasteiger partial charge in [0.05, 0.1) is 0 Å². The van der Waals surface area contributed by atoms with E-state index in [-0.39, 0.29) is 25.1 Å². The summed E-state index contributed by atoms with van der Waals surface area (Å²) in [5.41, 5.74) is 0. The lowest BCUT2D eigenvalue weighted by Crippen LogP contribution is -2.39. The van der Waals surface area contributed by atoms with Gasteiger partial charge in [-0.2, -0.15) is 0 Å². The Morgan fingerprint density at radius 1 is 1.44 bits per heavy atom. The largest absolute Gasteiger partial charge is 0.480 e. The van der Waals surface area contributed by atoms with Crippen LogP contribution in [0.2, 0.25) is 0 Å². The SMILES string of the molecule is CCCCOCC(=O)N(CC(=O)O)C1CC1. The number of unbranched alkanes of at least 4 members (excludes halogenated alkanes) is 1. The molecule has 0 atom stereocenters. The van der Waals surface area contributed by atoms with Crippen molar-refractivity contribution < 1.29 is 19.4 Å². The number of hydrogen-bond donors (Lipinski definition) is 1. The summed E-state index contributed by atoms with van der Waals surface area (Å²) in [6.07, 6.45) is 3.77. The van der Waals surface area contributed by atoms with E-state index in [1.807, 2.05) is 6.92 Å². The Balaban J connectivity index is 2.27. The minimum absolute atomic E-state index is 0.00375. The van der Waals surface area contributed by atoms with E-state index in [2.05, 4.69) is 0 Å². The highest BCUT2D eigenvalue weighted by Crippen LogP contribution is 2.26. The van der Waals surface area contributed by atoms with Crippen molar-refractivity contribution in [3.63, 3.8) is 0 Å². The van der Waals surface area contributed by atoms with Gasteiger partial charge in [-0.3, -0.25) is 9.59 Å². The fourth-order valence-corrected chi connectivity index (χ4v) is 1.44. The van der Waals surface area contributed by atoms with Gasteiger partial charge in [0.15, 0.2) is 0 Å². The molecule has 1 saturated carbocycles. The summed E-state index contributed by atoms with van der Waals surface area (Å²) in [5, 5.41) is 8.68. The first-order valence-electron chi connectivity index (χ1n) is 5.74. The predicted octanol–water partition coefficient (Wildman–Crippen LogP) is 0.879. The summed E-state index contributed by atoms with van der Waals surface area (Å²) in [6.45, 7) is 2.41. The molecular formula is C11H19NO4. The summed E-state index contributed by atoms with van der Waals surface area (Å²) in [5.74, 6) is -1.17. The number of hydrogen-bond acceptors (Lipinski definition) is 3. The maximum Gasteiger partial charge on any atom is 0.323 e. The third-order valence-corrected chi connectivity index (χ3v) is 2.48. The summed E-state index contributed by atoms with van der Waals surface area (Å²) < 4.78 is 5.19. The molecule has 1 N–H and O–H groups in total. The normalized spacial score (nSPS) is 14.8. The lowest BCUT2D eigenvalue weighted by Gasteiger charge is -2.19. The number of carboxylic acid groups (broad SMARTS) is 1. The molecule has 0 bridgehead atoms. The summed E-state index contributed by atoms with van der Waals surface area (Å²) in [4.78, 5) is 23.7. The molecule has 1 rings (SSSR count). The highest BCUT2D eigenvalue weighted by molar-refractivity contribution is 5.82. The number of amides is 1. The van der Waals surface area contributed by atoms with Gasteiger partial charge in [0.1, 0.15) is 13.2 Å². The van der Waals surface area contributed by atoms with Crippen LogP contribution in [0.1, 0.15) is 32.6 Å². The Morgan fingerprint density at radius 3 is 2.62 bits per heavy atom. The summed E-state index contributed by atoms with van der Waals surface area (Å²) in [6, 6.07) is 0.123. The second-order valence-corrected chi connectivity index (χ2v) is 4.05. The number of carboxylic acids is 1. The first-order chi connectivity index (χ1) is 7.65. The van der Waals surface area contributed by atoms with Crippen LogP contribution < -0.4 is 0 Å². The third kappa shape index (κ3) is 4.61. The van der Waals surface area contributed by atoms with Gasteiger partial charge in [0.2, 0.25) is 5.91 Å². The van der Waals surface area contributed by atoms with Gasteiger partial charge in [-0.05, 0) is 19.3 Å². The molecule has 0 saturated heterocycles. The van der Waals surface area contributed by atoms with Crippen LogP contribution in [0.25, 0.3) is 0 Å². The molecule has 1 amide bonds. The van der Waals surface area contributed by atoms with Crippen LogP contribution in [-0.4, -0.2) is 47.7 Å². The predicted molar refractivity (Wildman–Crippen MR) is 58.1 cm³/mol. The molecular weight excluding hydrogens is 210 g/mol. The molecule has 0 unspecified atom stereocenters. The minimum Gasteiger partial charge on any atom is -0.480 e. The van der Waals surface area contributed by atoms with E-state index in [9.17, 15) is 9.59 Å². The Kier molecular flexibility index (Phi) is 5.25. The molecule has 92 valence electrons. The smallest absolute Gasteiger partial charge is 0.323 e. The van der Waals surface area contributed by atoms with Crippen molar-refractivity contribution in [2.45, 2.75) is 38.6 Å². The first-order valence-corrected chi connectivity index (χ1v) is 5.74. The molecule has 1 fully saturated rings. The summed E-state index contributed by atoms with van der Waals surface area (Å²) >= 11 is 0. The number of aliphatic carboxylic acids is 1. The fraction of sp³-hybridized carbons (Fsp3) is 0.818. The van der Waals surface area contributed by atoms with E-state index in [0.29, 0.717) is 6.61 Å².